The molecule has 4 heterocycles. The molecule has 2 aliphatic carbocycles. The van der Waals surface area contributed by atoms with Crippen LogP contribution in [0.2, 0.25) is 15.1 Å². The Bertz CT molecular complexity index is 2680. The maximum absolute atomic E-state index is 15.5. The number of hydrogen-bond donors (Lipinski definition) is 2. The third-order valence-electron chi connectivity index (χ3n) is 12.0. The average molecular weight is 1070 g/mol. The second-order valence-corrected chi connectivity index (χ2v) is 17.9. The van der Waals surface area contributed by atoms with Crippen LogP contribution in [0, 0.1) is 23.7 Å². The molecule has 3 fully saturated rings. The number of benzene rings is 2. The van der Waals surface area contributed by atoms with Crippen molar-refractivity contribution in [2.45, 2.75) is 36.5 Å². The summed E-state index contributed by atoms with van der Waals surface area (Å²) in [6, 6.07) is 9.61. The fraction of sp³-hybridized carbons (Fsp3) is 0.300. The topological polar surface area (TPSA) is 145 Å². The largest absolute Gasteiger partial charge is 0.503 e. The number of methoxy groups -OCH3 is 1. The van der Waals surface area contributed by atoms with Crippen LogP contribution >= 0.6 is 66.7 Å². The number of hydrazine groups is 2. The summed E-state index contributed by atoms with van der Waals surface area (Å²) in [6.45, 7) is 0. The van der Waals surface area contributed by atoms with Crippen molar-refractivity contribution in [2.24, 2.45) is 23.7 Å². The molecule has 4 aliphatic rings. The average Bonchev–Trinajstić information content (AvgIpc) is 3.60. The zero-order chi connectivity index (χ0) is 45.8. The van der Waals surface area contributed by atoms with Gasteiger partial charge in [-0.3, -0.25) is 29.6 Å². The van der Waals surface area contributed by atoms with Crippen molar-refractivity contribution < 1.29 is 55.4 Å². The molecule has 0 radical (unpaired) electrons. The lowest BCUT2D eigenvalue weighted by molar-refractivity contribution is -0.142. The second kappa shape index (κ2) is 15.8. The maximum atomic E-state index is 15.5. The molecule has 6 atom stereocenters. The normalized spacial score (nSPS) is 24.6. The number of imide groups is 2. The molecule has 6 unspecified atom stereocenters. The number of amides is 4. The van der Waals surface area contributed by atoms with Gasteiger partial charge in [-0.05, 0) is 98.1 Å². The zero-order valence-corrected chi connectivity index (χ0v) is 37.4. The van der Waals surface area contributed by atoms with Crippen molar-refractivity contribution in [2.75, 3.05) is 24.6 Å². The molecular formula is C40H27Br2Cl3F6N6O6. The van der Waals surface area contributed by atoms with Gasteiger partial charge in [0.25, 0.3) is 23.6 Å². The van der Waals surface area contributed by atoms with Gasteiger partial charge in [0.15, 0.2) is 23.1 Å². The molecule has 2 N–H and O–H groups in total. The second-order valence-electron chi connectivity index (χ2n) is 15.1. The summed E-state index contributed by atoms with van der Waals surface area (Å²) >= 11 is 25.8. The fourth-order valence-electron chi connectivity index (χ4n) is 9.29. The highest BCUT2D eigenvalue weighted by Gasteiger charge is 2.71. The third kappa shape index (κ3) is 7.01. The minimum atomic E-state index is -4.90. The number of rotatable bonds is 7. The number of pyridine rings is 2. The molecule has 8 rings (SSSR count). The lowest BCUT2D eigenvalue weighted by atomic mass is 9.49. The van der Waals surface area contributed by atoms with Crippen molar-refractivity contribution >= 4 is 102 Å². The molecule has 2 aromatic heterocycles. The number of nitrogens with zero attached hydrogens (tertiary/aromatic N) is 5. The molecule has 330 valence electrons. The van der Waals surface area contributed by atoms with Crippen molar-refractivity contribution in [3.05, 3.63) is 113 Å². The Morgan fingerprint density at radius 2 is 1.59 bits per heavy atom. The van der Waals surface area contributed by atoms with Crippen LogP contribution in [0.5, 0.6) is 11.5 Å². The summed E-state index contributed by atoms with van der Waals surface area (Å²) in [6.07, 6.45) is -7.98. The smallest absolute Gasteiger partial charge is 0.433 e. The number of halogens is 11. The van der Waals surface area contributed by atoms with Crippen LogP contribution in [-0.2, 0) is 36.9 Å². The number of hydrogen-bond acceptors (Lipinski definition) is 10. The molecule has 23 heteroatoms. The number of fused-ring (bicyclic) bond motifs is 4. The van der Waals surface area contributed by atoms with Crippen LogP contribution in [-0.4, -0.2) is 62.9 Å². The SMILES string of the molecule is COc1cc(C2C3=CCC4C(=O)N(N(C)c5nc(C(F)(F)F)ccc5Cl)C(=O)C4C3CC3C(=O)N(Nc4ncc(C(F)(F)F)cc4Cl)C(=O)C32c2ccc(Cl)cc2)c(Br)c(Br)c1O. The molecule has 2 aromatic carbocycles. The zero-order valence-electron chi connectivity index (χ0n) is 32.0. The van der Waals surface area contributed by atoms with Gasteiger partial charge in [0.1, 0.15) is 5.69 Å². The Morgan fingerprint density at radius 1 is 0.905 bits per heavy atom. The lowest BCUT2D eigenvalue weighted by Gasteiger charge is -2.51. The van der Waals surface area contributed by atoms with Crippen molar-refractivity contribution in [1.29, 1.82) is 0 Å². The number of carbonyl (C=O) groups is 4. The molecule has 1 saturated carbocycles. The number of phenols is 1. The fourth-order valence-corrected chi connectivity index (χ4v) is 10.8. The van der Waals surface area contributed by atoms with Gasteiger partial charge in [-0.25, -0.2) is 9.97 Å². The van der Waals surface area contributed by atoms with Crippen LogP contribution in [0.25, 0.3) is 0 Å². The Hall–Kier alpha value is -4.63. The summed E-state index contributed by atoms with van der Waals surface area (Å²) < 4.78 is 87.8. The first kappa shape index (κ1) is 45.0. The Balaban J connectivity index is 1.32. The van der Waals surface area contributed by atoms with Crippen molar-refractivity contribution in [3.63, 3.8) is 0 Å². The van der Waals surface area contributed by atoms with Crippen LogP contribution in [0.3, 0.4) is 0 Å². The van der Waals surface area contributed by atoms with E-state index in [2.05, 4.69) is 47.3 Å². The Morgan fingerprint density at radius 3 is 2.21 bits per heavy atom. The van der Waals surface area contributed by atoms with Gasteiger partial charge >= 0.3 is 12.4 Å². The summed E-state index contributed by atoms with van der Waals surface area (Å²) in [5.41, 5.74) is -1.06. The van der Waals surface area contributed by atoms with Gasteiger partial charge in [0.2, 0.25) is 0 Å². The maximum Gasteiger partial charge on any atom is 0.433 e. The number of phenolic OH excluding ortho intramolecular Hbond substituents is 1. The minimum absolute atomic E-state index is 0.0721. The molecule has 63 heavy (non-hydrogen) atoms. The van der Waals surface area contributed by atoms with Crippen molar-refractivity contribution in [3.8, 4) is 11.5 Å². The van der Waals surface area contributed by atoms with E-state index < -0.39 is 98.9 Å². The van der Waals surface area contributed by atoms with E-state index in [-0.39, 0.29) is 54.5 Å². The number of carbonyl (C=O) groups excluding carboxylic acids is 4. The highest BCUT2D eigenvalue weighted by molar-refractivity contribution is 9.13. The van der Waals surface area contributed by atoms with Gasteiger partial charge in [-0.2, -0.15) is 36.4 Å². The molecule has 0 bridgehead atoms. The number of aromatic hydroxyl groups is 1. The number of nitrogens with one attached hydrogen (secondary N) is 1. The van der Waals surface area contributed by atoms with E-state index in [1.807, 2.05) is 0 Å². The van der Waals surface area contributed by atoms with Crippen LogP contribution in [0.4, 0.5) is 38.0 Å². The van der Waals surface area contributed by atoms with E-state index in [0.717, 1.165) is 18.1 Å². The summed E-state index contributed by atoms with van der Waals surface area (Å²) in [4.78, 5) is 67.0. The highest BCUT2D eigenvalue weighted by atomic mass is 79.9. The predicted octanol–water partition coefficient (Wildman–Crippen LogP) is 9.75. The van der Waals surface area contributed by atoms with E-state index in [1.165, 1.54) is 37.4 Å². The van der Waals surface area contributed by atoms with E-state index in [4.69, 9.17) is 39.5 Å². The first-order chi connectivity index (χ1) is 29.5. The van der Waals surface area contributed by atoms with E-state index >= 15 is 9.59 Å². The number of ether oxygens (including phenoxy) is 1. The number of allylic oxidation sites excluding steroid dienone is 2. The lowest BCUT2D eigenvalue weighted by Crippen LogP contribution is -2.53. The van der Waals surface area contributed by atoms with Crippen molar-refractivity contribution in [1.82, 2.24) is 20.0 Å². The third-order valence-corrected chi connectivity index (χ3v) is 15.0. The molecular weight excluding hydrogens is 1040 g/mol. The van der Waals surface area contributed by atoms with Gasteiger partial charge in [-0.1, -0.05) is 58.6 Å². The summed E-state index contributed by atoms with van der Waals surface area (Å²) in [5.74, 6) is -11.0. The molecule has 2 saturated heterocycles. The highest BCUT2D eigenvalue weighted by Crippen LogP contribution is 2.66. The molecule has 12 nitrogen and oxygen atoms in total. The molecule has 4 amide bonds. The number of alkyl halides is 6. The molecule has 2 aliphatic heterocycles. The quantitative estimate of drug-likeness (QED) is 0.104. The van der Waals surface area contributed by atoms with Gasteiger partial charge in [0, 0.05) is 28.7 Å². The Kier molecular flexibility index (Phi) is 11.3. The van der Waals surface area contributed by atoms with E-state index in [9.17, 15) is 41.0 Å². The summed E-state index contributed by atoms with van der Waals surface area (Å²) in [7, 11) is 2.44. The van der Waals surface area contributed by atoms with Crippen LogP contribution in [0.15, 0.2) is 75.3 Å². The minimum Gasteiger partial charge on any atom is -0.503 e. The van der Waals surface area contributed by atoms with E-state index in [0.29, 0.717) is 33.9 Å². The van der Waals surface area contributed by atoms with Gasteiger partial charge in [0.05, 0.1) is 50.4 Å². The predicted molar refractivity (Wildman–Crippen MR) is 221 cm³/mol. The monoisotopic (exact) mass is 1060 g/mol. The number of anilines is 2. The first-order valence-electron chi connectivity index (χ1n) is 18.5. The van der Waals surface area contributed by atoms with Crippen LogP contribution in [0.1, 0.15) is 41.1 Å². The van der Waals surface area contributed by atoms with Gasteiger partial charge < -0.3 is 9.84 Å². The standard InChI is InChI=1S/C40H27Br2Cl3F6N6O6/c1-55(33-23(44)9-10-26(53-33)40(49,50)51)57-34(59)19-8-7-18-20(27(19)36(57)61)12-22-35(60)56(54-32-24(45)11-16(14-52-32)39(46,47)48)37(62)38(22,15-3-5-17(43)6-4-15)28(18)21-13-25(63-2)31(58)30(42)29(21)41/h3-7,9-11,13-14,19-20,22,27-28,58H,8,12H2,1-2H3,(H,52,54). The molecule has 4 aromatic rings. The van der Waals surface area contributed by atoms with Crippen LogP contribution < -0.4 is 15.2 Å². The summed E-state index contributed by atoms with van der Waals surface area (Å²) in [5, 5.41) is 12.5. The number of aromatic nitrogens is 2. The first-order valence-corrected chi connectivity index (χ1v) is 21.2. The molecule has 0 spiro atoms. The van der Waals surface area contributed by atoms with Gasteiger partial charge in [-0.15, -0.1) is 0 Å². The van der Waals surface area contributed by atoms with E-state index in [1.54, 1.807) is 6.08 Å². The Labute approximate surface area is 384 Å².